The average Bonchev–Trinajstić information content (AvgIpc) is 2.18. The Morgan fingerprint density at radius 3 is 2.44 bits per heavy atom. The van der Waals surface area contributed by atoms with Gasteiger partial charge in [-0.2, -0.15) is 0 Å². The van der Waals surface area contributed by atoms with Crippen molar-refractivity contribution in [1.82, 2.24) is 0 Å². The van der Waals surface area contributed by atoms with Crippen LogP contribution in [0, 0.1) is 5.92 Å². The summed E-state index contributed by atoms with van der Waals surface area (Å²) in [6, 6.07) is 0. The quantitative estimate of drug-likeness (QED) is 0.742. The molecule has 3 atom stereocenters. The average molecular weight is 230 g/mol. The van der Waals surface area contributed by atoms with E-state index >= 15 is 0 Å². The minimum absolute atomic E-state index is 0.0332. The number of aliphatic hydroxyl groups is 1. The molecule has 0 aromatic carbocycles. The zero-order valence-electron chi connectivity index (χ0n) is 11.0. The molecule has 1 saturated carbocycles. The van der Waals surface area contributed by atoms with Crippen LogP contribution in [0.5, 0.6) is 0 Å². The Hall–Kier alpha value is -0.570. The maximum atomic E-state index is 11.0. The van der Waals surface area contributed by atoms with Crippen LogP contribution in [0.15, 0.2) is 0 Å². The molecule has 1 aliphatic rings. The fourth-order valence-electron chi connectivity index (χ4n) is 1.75. The summed E-state index contributed by atoms with van der Waals surface area (Å²) in [7, 11) is 0. The Morgan fingerprint density at radius 1 is 1.44 bits per heavy atom. The van der Waals surface area contributed by atoms with Gasteiger partial charge >= 0.3 is 5.97 Å². The van der Waals surface area contributed by atoms with Gasteiger partial charge in [0.1, 0.15) is 12.2 Å². The van der Waals surface area contributed by atoms with Crippen LogP contribution in [-0.2, 0) is 9.53 Å². The van der Waals surface area contributed by atoms with Gasteiger partial charge in [-0.3, -0.25) is 0 Å². The van der Waals surface area contributed by atoms with Crippen LogP contribution in [0.2, 0.25) is 0 Å². The summed E-state index contributed by atoms with van der Waals surface area (Å²) in [5.41, 5.74) is 0. The molecule has 1 fully saturated rings. The van der Waals surface area contributed by atoms with Crippen molar-refractivity contribution in [3.05, 3.63) is 0 Å². The van der Waals surface area contributed by atoms with Gasteiger partial charge in [-0.05, 0) is 32.1 Å². The summed E-state index contributed by atoms with van der Waals surface area (Å²) < 4.78 is 5.13. The number of hydrogen-bond donors (Lipinski definition) is 1. The van der Waals surface area contributed by atoms with Crippen LogP contribution >= 0.6 is 0 Å². The highest BCUT2D eigenvalue weighted by atomic mass is 16.6. The molecule has 1 aliphatic carbocycles. The first-order valence-corrected chi connectivity index (χ1v) is 6.39. The summed E-state index contributed by atoms with van der Waals surface area (Å²) in [5.74, 6) is 0.152. The van der Waals surface area contributed by atoms with E-state index in [1.54, 1.807) is 0 Å². The van der Waals surface area contributed by atoms with Crippen LogP contribution < -0.4 is 0 Å². The van der Waals surface area contributed by atoms with E-state index in [9.17, 15) is 4.79 Å². The van der Waals surface area contributed by atoms with E-state index in [2.05, 4.69) is 20.8 Å². The number of hydrogen-bond acceptors (Lipinski definition) is 3. The minimum Gasteiger partial charge on any atom is -0.460 e. The maximum Gasteiger partial charge on any atom is 0.334 e. The molecule has 0 saturated heterocycles. The van der Waals surface area contributed by atoms with Crippen LogP contribution in [-0.4, -0.2) is 23.3 Å². The lowest BCUT2D eigenvalue weighted by atomic mass is 9.89. The van der Waals surface area contributed by atoms with Gasteiger partial charge in [-0.1, -0.05) is 33.6 Å². The van der Waals surface area contributed by atoms with Crippen molar-refractivity contribution < 1.29 is 14.6 Å². The molecule has 3 nitrogen and oxygen atoms in total. The van der Waals surface area contributed by atoms with E-state index in [0.717, 1.165) is 19.3 Å². The second-order valence-electron chi connectivity index (χ2n) is 4.71. The van der Waals surface area contributed by atoms with E-state index in [0.29, 0.717) is 5.92 Å². The smallest absolute Gasteiger partial charge is 0.334 e. The van der Waals surface area contributed by atoms with Crippen molar-refractivity contribution in [2.75, 3.05) is 0 Å². The zero-order chi connectivity index (χ0) is 12.6. The molecule has 3 heteroatoms. The first-order chi connectivity index (χ1) is 7.51. The number of rotatable bonds is 2. The van der Waals surface area contributed by atoms with Crippen molar-refractivity contribution in [1.29, 1.82) is 0 Å². The van der Waals surface area contributed by atoms with Crippen molar-refractivity contribution in [3.8, 4) is 0 Å². The summed E-state index contributed by atoms with van der Waals surface area (Å²) >= 11 is 0. The lowest BCUT2D eigenvalue weighted by Gasteiger charge is -2.26. The third-order valence-corrected chi connectivity index (χ3v) is 2.51. The lowest BCUT2D eigenvalue weighted by molar-refractivity contribution is -0.160. The molecule has 0 aromatic heterocycles. The number of esters is 1. The fourth-order valence-corrected chi connectivity index (χ4v) is 1.75. The predicted octanol–water partition coefficient (Wildman–Crippen LogP) is 2.91. The molecule has 1 N–H and O–H groups in total. The topological polar surface area (TPSA) is 46.5 Å². The SMILES string of the molecule is CC1CCC[C@H](OC(=O)C(C)O)C1.CCC. The van der Waals surface area contributed by atoms with E-state index in [4.69, 9.17) is 9.84 Å². The first-order valence-electron chi connectivity index (χ1n) is 6.39. The molecular weight excluding hydrogens is 204 g/mol. The van der Waals surface area contributed by atoms with E-state index in [1.165, 1.54) is 19.8 Å². The number of ether oxygens (including phenoxy) is 1. The normalized spacial score (nSPS) is 26.3. The van der Waals surface area contributed by atoms with Crippen LogP contribution in [0.1, 0.15) is 59.8 Å². The van der Waals surface area contributed by atoms with Crippen molar-refractivity contribution in [3.63, 3.8) is 0 Å². The highest BCUT2D eigenvalue weighted by molar-refractivity contribution is 5.73. The molecule has 0 amide bonds. The molecule has 2 unspecified atom stereocenters. The van der Waals surface area contributed by atoms with Crippen LogP contribution in [0.25, 0.3) is 0 Å². The highest BCUT2D eigenvalue weighted by Crippen LogP contribution is 2.25. The van der Waals surface area contributed by atoms with Crippen molar-refractivity contribution in [2.45, 2.75) is 72.0 Å². The summed E-state index contributed by atoms with van der Waals surface area (Å²) in [4.78, 5) is 11.0. The number of aliphatic hydroxyl groups excluding tert-OH is 1. The monoisotopic (exact) mass is 230 g/mol. The van der Waals surface area contributed by atoms with Gasteiger partial charge in [0, 0.05) is 0 Å². The Kier molecular flexibility index (Phi) is 8.26. The van der Waals surface area contributed by atoms with Gasteiger partial charge in [-0.25, -0.2) is 4.79 Å². The van der Waals surface area contributed by atoms with Crippen molar-refractivity contribution >= 4 is 5.97 Å². The van der Waals surface area contributed by atoms with Gasteiger partial charge in [0.15, 0.2) is 0 Å². The van der Waals surface area contributed by atoms with Gasteiger partial charge in [0.2, 0.25) is 0 Å². The fraction of sp³-hybridized carbons (Fsp3) is 0.923. The summed E-state index contributed by atoms with van der Waals surface area (Å²) in [6.45, 7) is 7.86. The second kappa shape index (κ2) is 8.57. The molecule has 0 aliphatic heterocycles. The third kappa shape index (κ3) is 6.83. The lowest BCUT2D eigenvalue weighted by Crippen LogP contribution is -2.29. The number of carbonyl (C=O) groups is 1. The standard InChI is InChI=1S/C10H18O3.C3H8/c1-7-4-3-5-9(6-7)13-10(12)8(2)11;1-3-2/h7-9,11H,3-6H2,1-2H3;3H2,1-2H3/t7?,8?,9-;/m0./s1. The van der Waals surface area contributed by atoms with Crippen LogP contribution in [0.3, 0.4) is 0 Å². The predicted molar refractivity (Wildman–Crippen MR) is 65.2 cm³/mol. The van der Waals surface area contributed by atoms with Gasteiger partial charge < -0.3 is 9.84 Å². The molecule has 16 heavy (non-hydrogen) atoms. The molecule has 96 valence electrons. The summed E-state index contributed by atoms with van der Waals surface area (Å²) in [5, 5.41) is 8.94. The second-order valence-corrected chi connectivity index (χ2v) is 4.71. The first kappa shape index (κ1) is 15.4. The molecule has 0 radical (unpaired) electrons. The zero-order valence-corrected chi connectivity index (χ0v) is 11.0. The molecular formula is C13H26O3. The molecule has 0 bridgehead atoms. The Balaban J connectivity index is 0.000000673. The molecule has 0 spiro atoms. The summed E-state index contributed by atoms with van der Waals surface area (Å²) in [6.07, 6.45) is 4.53. The van der Waals surface area contributed by atoms with Gasteiger partial charge in [-0.15, -0.1) is 0 Å². The Labute approximate surface area is 99.2 Å². The van der Waals surface area contributed by atoms with E-state index in [-0.39, 0.29) is 6.10 Å². The van der Waals surface area contributed by atoms with Crippen molar-refractivity contribution in [2.24, 2.45) is 5.92 Å². The Morgan fingerprint density at radius 2 is 2.00 bits per heavy atom. The highest BCUT2D eigenvalue weighted by Gasteiger charge is 2.23. The minimum atomic E-state index is -0.989. The molecule has 1 rings (SSSR count). The van der Waals surface area contributed by atoms with Gasteiger partial charge in [0.05, 0.1) is 0 Å². The maximum absolute atomic E-state index is 11.0. The van der Waals surface area contributed by atoms with Crippen LogP contribution in [0.4, 0.5) is 0 Å². The van der Waals surface area contributed by atoms with E-state index < -0.39 is 12.1 Å². The van der Waals surface area contributed by atoms with Gasteiger partial charge in [0.25, 0.3) is 0 Å². The van der Waals surface area contributed by atoms with E-state index in [1.807, 2.05) is 0 Å². The molecule has 0 aromatic rings. The number of carbonyl (C=O) groups excluding carboxylic acids is 1. The third-order valence-electron chi connectivity index (χ3n) is 2.51. The molecule has 0 heterocycles. The largest absolute Gasteiger partial charge is 0.460 e. The Bertz CT molecular complexity index is 190.